The zero-order valence-electron chi connectivity index (χ0n) is 15.1. The predicted octanol–water partition coefficient (Wildman–Crippen LogP) is 1.65. The van der Waals surface area contributed by atoms with Crippen LogP contribution in [0.4, 0.5) is 0 Å². The highest BCUT2D eigenvalue weighted by atomic mass is 35.5. The molecule has 8 heteroatoms. The van der Waals surface area contributed by atoms with Crippen LogP contribution in [0.25, 0.3) is 0 Å². The number of nitrogens with zero attached hydrogens (tertiary/aromatic N) is 1. The van der Waals surface area contributed by atoms with Crippen molar-refractivity contribution in [3.63, 3.8) is 0 Å². The summed E-state index contributed by atoms with van der Waals surface area (Å²) in [5, 5.41) is 3.55. The minimum atomic E-state index is -3.16. The molecule has 2 aliphatic heterocycles. The molecule has 146 valence electrons. The molecule has 6 nitrogen and oxygen atoms in total. The van der Waals surface area contributed by atoms with Crippen LogP contribution in [0, 0.1) is 5.92 Å². The third-order valence-electron chi connectivity index (χ3n) is 5.79. The summed E-state index contributed by atoms with van der Waals surface area (Å²) in [6.07, 6.45) is 8.07. The Hall–Kier alpha value is -0.370. The number of carbonyl (C=O) groups excluding carboxylic acids is 1. The van der Waals surface area contributed by atoms with Crippen LogP contribution in [0.15, 0.2) is 0 Å². The molecule has 0 aromatic rings. The van der Waals surface area contributed by atoms with Gasteiger partial charge in [-0.1, -0.05) is 19.8 Å². The second kappa shape index (κ2) is 9.02. The average Bonchev–Trinajstić information content (AvgIpc) is 2.98. The molecule has 2 heterocycles. The van der Waals surface area contributed by atoms with E-state index in [1.54, 1.807) is 0 Å². The molecule has 2 N–H and O–H groups in total. The Kier molecular flexibility index (Phi) is 7.55. The first-order valence-corrected chi connectivity index (χ1v) is 11.2. The highest BCUT2D eigenvalue weighted by Gasteiger charge is 2.40. The van der Waals surface area contributed by atoms with E-state index in [1.807, 2.05) is 11.8 Å². The number of nitrogens with one attached hydrogen (secondary N) is 2. The summed E-state index contributed by atoms with van der Waals surface area (Å²) in [6.45, 7) is 3.18. The van der Waals surface area contributed by atoms with Gasteiger partial charge in [0.25, 0.3) is 0 Å². The van der Waals surface area contributed by atoms with Crippen molar-refractivity contribution in [1.82, 2.24) is 14.9 Å². The SMILES string of the molecule is CCCS(=O)(=O)NC1CCN(C(=O)C2CC3CCCCC3N2)CC1.Cl. The molecule has 1 amide bonds. The van der Waals surface area contributed by atoms with Gasteiger partial charge in [0.1, 0.15) is 0 Å². The monoisotopic (exact) mass is 393 g/mol. The third kappa shape index (κ3) is 5.31. The molecule has 3 rings (SSSR count). The van der Waals surface area contributed by atoms with Crippen molar-refractivity contribution in [3.8, 4) is 0 Å². The summed E-state index contributed by atoms with van der Waals surface area (Å²) in [5.41, 5.74) is 0. The van der Waals surface area contributed by atoms with Crippen LogP contribution in [-0.4, -0.2) is 56.2 Å². The second-order valence-corrected chi connectivity index (χ2v) is 9.52. The predicted molar refractivity (Wildman–Crippen MR) is 101 cm³/mol. The number of sulfonamides is 1. The smallest absolute Gasteiger partial charge is 0.239 e. The van der Waals surface area contributed by atoms with Gasteiger partial charge in [-0.15, -0.1) is 12.4 Å². The standard InChI is InChI=1S/C17H31N3O3S.ClH/c1-2-11-24(22,23)19-14-7-9-20(10-8-14)17(21)16-12-13-5-3-4-6-15(13)18-16;/h13-16,18-19H,2-12H2,1H3;1H. The Balaban J connectivity index is 0.00000225. The number of amides is 1. The van der Waals surface area contributed by atoms with Gasteiger partial charge in [-0.2, -0.15) is 0 Å². The molecule has 3 unspecified atom stereocenters. The first-order chi connectivity index (χ1) is 11.5. The first kappa shape index (κ1) is 20.9. The highest BCUT2D eigenvalue weighted by molar-refractivity contribution is 7.89. The van der Waals surface area contributed by atoms with E-state index in [1.165, 1.54) is 25.7 Å². The van der Waals surface area contributed by atoms with Crippen LogP contribution in [0.5, 0.6) is 0 Å². The zero-order valence-corrected chi connectivity index (χ0v) is 16.7. The number of carbonyl (C=O) groups is 1. The quantitative estimate of drug-likeness (QED) is 0.744. The molecule has 0 aromatic heterocycles. The van der Waals surface area contributed by atoms with Crippen molar-refractivity contribution < 1.29 is 13.2 Å². The fraction of sp³-hybridized carbons (Fsp3) is 0.941. The number of halogens is 1. The highest BCUT2D eigenvalue weighted by Crippen LogP contribution is 2.33. The second-order valence-electron chi connectivity index (χ2n) is 7.64. The van der Waals surface area contributed by atoms with E-state index in [9.17, 15) is 13.2 Å². The van der Waals surface area contributed by atoms with Gasteiger partial charge in [0.2, 0.25) is 15.9 Å². The largest absolute Gasteiger partial charge is 0.341 e. The summed E-state index contributed by atoms with van der Waals surface area (Å²) in [7, 11) is -3.16. The molecular weight excluding hydrogens is 362 g/mol. The van der Waals surface area contributed by atoms with E-state index in [4.69, 9.17) is 0 Å². The van der Waals surface area contributed by atoms with E-state index >= 15 is 0 Å². The lowest BCUT2D eigenvalue weighted by Crippen LogP contribution is -2.51. The van der Waals surface area contributed by atoms with E-state index in [0.29, 0.717) is 44.3 Å². The van der Waals surface area contributed by atoms with Gasteiger partial charge in [0.05, 0.1) is 11.8 Å². The Labute approximate surface area is 157 Å². The summed E-state index contributed by atoms with van der Waals surface area (Å²) < 4.78 is 26.5. The fourth-order valence-corrected chi connectivity index (χ4v) is 5.93. The van der Waals surface area contributed by atoms with Crippen molar-refractivity contribution in [3.05, 3.63) is 0 Å². The molecule has 1 aliphatic carbocycles. The Morgan fingerprint density at radius 1 is 1.16 bits per heavy atom. The van der Waals surface area contributed by atoms with Crippen molar-refractivity contribution in [1.29, 1.82) is 0 Å². The lowest BCUT2D eigenvalue weighted by Gasteiger charge is -2.34. The van der Waals surface area contributed by atoms with E-state index < -0.39 is 10.0 Å². The molecule has 25 heavy (non-hydrogen) atoms. The molecular formula is C17H32ClN3O3S. The molecule has 0 bridgehead atoms. The number of likely N-dealkylation sites (tertiary alicyclic amines) is 1. The van der Waals surface area contributed by atoms with E-state index in [2.05, 4.69) is 10.0 Å². The Morgan fingerprint density at radius 3 is 2.48 bits per heavy atom. The number of rotatable bonds is 5. The molecule has 3 atom stereocenters. The minimum Gasteiger partial charge on any atom is -0.341 e. The van der Waals surface area contributed by atoms with Crippen LogP contribution in [-0.2, 0) is 14.8 Å². The minimum absolute atomic E-state index is 0. The fourth-order valence-electron chi connectivity index (χ4n) is 4.53. The zero-order chi connectivity index (χ0) is 17.2. The molecule has 2 saturated heterocycles. The summed E-state index contributed by atoms with van der Waals surface area (Å²) in [4.78, 5) is 14.7. The van der Waals surface area contributed by atoms with Crippen LogP contribution >= 0.6 is 12.4 Å². The topological polar surface area (TPSA) is 78.5 Å². The summed E-state index contributed by atoms with van der Waals surface area (Å²) >= 11 is 0. The number of piperidine rings is 1. The average molecular weight is 394 g/mol. The normalized spacial score (nSPS) is 30.6. The van der Waals surface area contributed by atoms with Gasteiger partial charge in [-0.25, -0.2) is 13.1 Å². The van der Waals surface area contributed by atoms with Gasteiger partial charge in [0, 0.05) is 25.2 Å². The van der Waals surface area contributed by atoms with Crippen molar-refractivity contribution in [2.45, 2.75) is 76.4 Å². The van der Waals surface area contributed by atoms with Gasteiger partial charge in [0.15, 0.2) is 0 Å². The maximum Gasteiger partial charge on any atom is 0.239 e. The Morgan fingerprint density at radius 2 is 1.84 bits per heavy atom. The van der Waals surface area contributed by atoms with Crippen LogP contribution < -0.4 is 10.0 Å². The number of fused-ring (bicyclic) bond motifs is 1. The van der Waals surface area contributed by atoms with Crippen molar-refractivity contribution in [2.75, 3.05) is 18.8 Å². The van der Waals surface area contributed by atoms with Gasteiger partial charge >= 0.3 is 0 Å². The van der Waals surface area contributed by atoms with Gasteiger partial charge in [-0.3, -0.25) is 4.79 Å². The van der Waals surface area contributed by atoms with Crippen molar-refractivity contribution in [2.24, 2.45) is 5.92 Å². The molecule has 1 saturated carbocycles. The Bertz CT molecular complexity index is 535. The molecule has 3 fully saturated rings. The van der Waals surface area contributed by atoms with Gasteiger partial charge in [-0.05, 0) is 44.4 Å². The summed E-state index contributed by atoms with van der Waals surface area (Å²) in [6, 6.07) is 0.488. The lowest BCUT2D eigenvalue weighted by molar-refractivity contribution is -0.134. The van der Waals surface area contributed by atoms with Crippen LogP contribution in [0.1, 0.15) is 58.3 Å². The first-order valence-electron chi connectivity index (χ1n) is 9.53. The van der Waals surface area contributed by atoms with Crippen LogP contribution in [0.2, 0.25) is 0 Å². The number of hydrogen-bond acceptors (Lipinski definition) is 4. The lowest BCUT2D eigenvalue weighted by atomic mass is 9.85. The molecule has 3 aliphatic rings. The van der Waals surface area contributed by atoms with E-state index in [-0.39, 0.29) is 36.2 Å². The molecule has 0 spiro atoms. The van der Waals surface area contributed by atoms with Crippen LogP contribution in [0.3, 0.4) is 0 Å². The maximum absolute atomic E-state index is 12.8. The van der Waals surface area contributed by atoms with E-state index in [0.717, 1.165) is 6.42 Å². The molecule has 0 aromatic carbocycles. The summed E-state index contributed by atoms with van der Waals surface area (Å²) in [5.74, 6) is 1.08. The third-order valence-corrected chi connectivity index (χ3v) is 7.42. The van der Waals surface area contributed by atoms with Crippen molar-refractivity contribution >= 4 is 28.3 Å². The maximum atomic E-state index is 12.8. The number of hydrogen-bond donors (Lipinski definition) is 2. The van der Waals surface area contributed by atoms with Gasteiger partial charge < -0.3 is 10.2 Å². The molecule has 0 radical (unpaired) electrons.